The van der Waals surface area contributed by atoms with Crippen molar-refractivity contribution in [3.05, 3.63) is 102 Å². The fourth-order valence-electron chi connectivity index (χ4n) is 3.72. The monoisotopic (exact) mass is 449 g/mol. The van der Waals surface area contributed by atoms with E-state index in [9.17, 15) is 4.79 Å². The number of aromatic nitrogens is 2. The molecule has 0 aliphatic rings. The number of anilines is 1. The van der Waals surface area contributed by atoms with Gasteiger partial charge in [0, 0.05) is 22.8 Å². The number of amides is 1. The van der Waals surface area contributed by atoms with Crippen molar-refractivity contribution in [2.75, 3.05) is 11.9 Å². The first kappa shape index (κ1) is 21.2. The molecule has 0 fully saturated rings. The minimum atomic E-state index is -0.255. The highest BCUT2D eigenvalue weighted by molar-refractivity contribution is 5.95. The van der Waals surface area contributed by atoms with E-state index in [4.69, 9.17) is 4.42 Å². The normalized spacial score (nSPS) is 11.2. The van der Waals surface area contributed by atoms with Gasteiger partial charge in [-0.05, 0) is 42.6 Å². The van der Waals surface area contributed by atoms with Gasteiger partial charge in [-0.1, -0.05) is 54.6 Å². The van der Waals surface area contributed by atoms with Crippen LogP contribution < -0.4 is 10.7 Å². The van der Waals surface area contributed by atoms with Crippen molar-refractivity contribution >= 4 is 28.6 Å². The van der Waals surface area contributed by atoms with Gasteiger partial charge in [-0.25, -0.2) is 10.1 Å². The van der Waals surface area contributed by atoms with Gasteiger partial charge < -0.3 is 9.73 Å². The van der Waals surface area contributed by atoms with Crippen LogP contribution in [0.1, 0.15) is 11.3 Å². The van der Waals surface area contributed by atoms with Gasteiger partial charge in [0.2, 0.25) is 0 Å². The Morgan fingerprint density at radius 2 is 1.79 bits per heavy atom. The molecule has 0 aliphatic carbocycles. The number of carbonyl (C=O) groups is 1. The second-order valence-corrected chi connectivity index (χ2v) is 7.80. The van der Waals surface area contributed by atoms with Crippen LogP contribution in [0.5, 0.6) is 0 Å². The van der Waals surface area contributed by atoms with Gasteiger partial charge >= 0.3 is 0 Å². The molecule has 0 atom stereocenters. The quantitative estimate of drug-likeness (QED) is 0.266. The summed E-state index contributed by atoms with van der Waals surface area (Å²) >= 11 is 0. The van der Waals surface area contributed by atoms with Crippen molar-refractivity contribution in [1.29, 1.82) is 0 Å². The van der Waals surface area contributed by atoms with Gasteiger partial charge in [-0.15, -0.1) is 0 Å². The van der Waals surface area contributed by atoms with Crippen LogP contribution in [0.4, 0.5) is 5.69 Å². The van der Waals surface area contributed by atoms with E-state index in [0.29, 0.717) is 11.5 Å². The molecule has 2 aromatic heterocycles. The maximum atomic E-state index is 12.4. The average molecular weight is 450 g/mol. The summed E-state index contributed by atoms with van der Waals surface area (Å²) in [4.78, 5) is 12.4. The summed E-state index contributed by atoms with van der Waals surface area (Å²) in [7, 11) is 0. The lowest BCUT2D eigenvalue weighted by Crippen LogP contribution is -2.25. The summed E-state index contributed by atoms with van der Waals surface area (Å²) < 4.78 is 7.54. The molecule has 0 radical (unpaired) electrons. The van der Waals surface area contributed by atoms with Crippen LogP contribution >= 0.6 is 0 Å². The summed E-state index contributed by atoms with van der Waals surface area (Å²) in [6, 6.07) is 27.5. The van der Waals surface area contributed by atoms with Crippen molar-refractivity contribution in [1.82, 2.24) is 15.2 Å². The maximum Gasteiger partial charge on any atom is 0.259 e. The Morgan fingerprint density at radius 3 is 2.62 bits per heavy atom. The number of nitrogens with one attached hydrogen (secondary N) is 2. The molecule has 3 aromatic carbocycles. The van der Waals surface area contributed by atoms with E-state index in [1.165, 1.54) is 0 Å². The van der Waals surface area contributed by atoms with Gasteiger partial charge in [0.05, 0.1) is 18.4 Å². The number of aryl methyl sites for hydroxylation is 1. The Morgan fingerprint density at radius 1 is 1.00 bits per heavy atom. The molecule has 0 bridgehead atoms. The first-order valence-corrected chi connectivity index (χ1v) is 10.9. The Kier molecular flexibility index (Phi) is 5.90. The standard InChI is InChI=1S/C27H23N5O2/c1-19-14-15-25(34-19)27-21(18-32(31-27)22-10-3-2-4-11-22)16-29-30-26(33)17-28-24-13-7-9-20-8-5-6-12-23(20)24/h2-16,18,28H,17H2,1H3,(H,30,33)/b29-16-. The highest BCUT2D eigenvalue weighted by atomic mass is 16.3. The van der Waals surface area contributed by atoms with Gasteiger partial charge in [0.15, 0.2) is 5.76 Å². The van der Waals surface area contributed by atoms with E-state index < -0.39 is 0 Å². The number of hydrazone groups is 1. The molecule has 0 unspecified atom stereocenters. The number of hydrogen-bond donors (Lipinski definition) is 2. The summed E-state index contributed by atoms with van der Waals surface area (Å²) in [5, 5.41) is 14.2. The largest absolute Gasteiger partial charge is 0.460 e. The lowest BCUT2D eigenvalue weighted by Gasteiger charge is -2.08. The zero-order valence-corrected chi connectivity index (χ0v) is 18.6. The smallest absolute Gasteiger partial charge is 0.259 e. The van der Waals surface area contributed by atoms with Crippen LogP contribution in [-0.2, 0) is 4.79 Å². The molecule has 5 aromatic rings. The van der Waals surface area contributed by atoms with E-state index in [0.717, 1.165) is 33.5 Å². The molecule has 5 rings (SSSR count). The van der Waals surface area contributed by atoms with Gasteiger partial charge in [0.25, 0.3) is 5.91 Å². The minimum Gasteiger partial charge on any atom is -0.460 e. The summed E-state index contributed by atoms with van der Waals surface area (Å²) in [5.41, 5.74) is 5.76. The summed E-state index contributed by atoms with van der Waals surface area (Å²) in [6.07, 6.45) is 3.43. The van der Waals surface area contributed by atoms with E-state index in [1.54, 1.807) is 10.9 Å². The predicted octanol–water partition coefficient (Wildman–Crippen LogP) is 5.16. The number of furan rings is 1. The van der Waals surface area contributed by atoms with Crippen molar-refractivity contribution in [3.8, 4) is 17.1 Å². The summed E-state index contributed by atoms with van der Waals surface area (Å²) in [6.45, 7) is 1.98. The lowest BCUT2D eigenvalue weighted by atomic mass is 10.1. The van der Waals surface area contributed by atoms with E-state index >= 15 is 0 Å². The van der Waals surface area contributed by atoms with Gasteiger partial charge in [-0.3, -0.25) is 4.79 Å². The molecule has 2 N–H and O–H groups in total. The SMILES string of the molecule is Cc1ccc(-c2nn(-c3ccccc3)cc2/C=N\NC(=O)CNc2cccc3ccccc23)o1. The van der Waals surface area contributed by atoms with Crippen LogP contribution in [0.15, 0.2) is 101 Å². The van der Waals surface area contributed by atoms with Crippen LogP contribution in [0.25, 0.3) is 27.9 Å². The molecular weight excluding hydrogens is 426 g/mol. The van der Waals surface area contributed by atoms with Crippen LogP contribution in [0.3, 0.4) is 0 Å². The van der Waals surface area contributed by atoms with E-state index in [2.05, 4.69) is 20.9 Å². The first-order valence-electron chi connectivity index (χ1n) is 10.9. The fourth-order valence-corrected chi connectivity index (χ4v) is 3.72. The van der Waals surface area contributed by atoms with Gasteiger partial charge in [-0.2, -0.15) is 10.2 Å². The molecular formula is C27H23N5O2. The number of carbonyl (C=O) groups excluding carboxylic acids is 1. The molecule has 0 saturated carbocycles. The average Bonchev–Trinajstić information content (AvgIpc) is 3.49. The molecule has 168 valence electrons. The van der Waals surface area contributed by atoms with Crippen LogP contribution in [-0.4, -0.2) is 28.4 Å². The fraction of sp³-hybridized carbons (Fsp3) is 0.0741. The zero-order chi connectivity index (χ0) is 23.3. The van der Waals surface area contributed by atoms with E-state index in [1.807, 2.05) is 98.0 Å². The third-order valence-electron chi connectivity index (χ3n) is 5.36. The molecule has 2 heterocycles. The molecule has 7 nitrogen and oxygen atoms in total. The number of fused-ring (bicyclic) bond motifs is 1. The number of rotatable bonds is 7. The third kappa shape index (κ3) is 4.59. The lowest BCUT2D eigenvalue weighted by molar-refractivity contribution is -0.119. The number of nitrogens with zero attached hydrogens (tertiary/aromatic N) is 3. The molecule has 34 heavy (non-hydrogen) atoms. The van der Waals surface area contributed by atoms with E-state index in [-0.39, 0.29) is 12.5 Å². The topological polar surface area (TPSA) is 84.5 Å². The minimum absolute atomic E-state index is 0.0961. The van der Waals surface area contributed by atoms with Crippen LogP contribution in [0, 0.1) is 6.92 Å². The number of benzene rings is 3. The Bertz CT molecular complexity index is 1460. The van der Waals surface area contributed by atoms with Crippen LogP contribution in [0.2, 0.25) is 0 Å². The Hall–Kier alpha value is -4.65. The third-order valence-corrected chi connectivity index (χ3v) is 5.36. The number of hydrogen-bond acceptors (Lipinski definition) is 5. The van der Waals surface area contributed by atoms with Gasteiger partial charge in [0.1, 0.15) is 11.5 Å². The molecule has 0 saturated heterocycles. The second kappa shape index (κ2) is 9.46. The molecule has 7 heteroatoms. The highest BCUT2D eigenvalue weighted by Crippen LogP contribution is 2.25. The maximum absolute atomic E-state index is 12.4. The van der Waals surface area contributed by atoms with Crippen molar-refractivity contribution in [2.24, 2.45) is 5.10 Å². The predicted molar refractivity (Wildman–Crippen MR) is 134 cm³/mol. The zero-order valence-electron chi connectivity index (χ0n) is 18.6. The molecule has 1 amide bonds. The first-order chi connectivity index (χ1) is 16.7. The highest BCUT2D eigenvalue weighted by Gasteiger charge is 2.14. The molecule has 0 spiro atoms. The second-order valence-electron chi connectivity index (χ2n) is 7.80. The molecule has 0 aliphatic heterocycles. The van der Waals surface area contributed by atoms with Crippen molar-refractivity contribution in [2.45, 2.75) is 6.92 Å². The van der Waals surface area contributed by atoms with Crippen molar-refractivity contribution < 1.29 is 9.21 Å². The summed E-state index contributed by atoms with van der Waals surface area (Å²) in [5.74, 6) is 1.17. The van der Waals surface area contributed by atoms with Crippen molar-refractivity contribution in [3.63, 3.8) is 0 Å². The Labute approximate surface area is 196 Å². The Balaban J connectivity index is 1.30. The number of para-hydroxylation sites is 1.